The first-order valence-electron chi connectivity index (χ1n) is 9.73. The summed E-state index contributed by atoms with van der Waals surface area (Å²) in [5, 5.41) is 0.616. The lowest BCUT2D eigenvalue weighted by Crippen LogP contribution is -2.40. The standard InChI is InChI=1S/C20H24Cl2N6O/c21-13-6-3-5-12(15(13)22)14-16(18(25)29)26-19(27-17(14)24)28-8-11-4-1-2-7-20(11,9-23)10-28/h3,5-6,11H,1-2,4,7-10,23H2,(H2,25,29)(H2,24,26,27). The molecule has 2 heterocycles. The summed E-state index contributed by atoms with van der Waals surface area (Å²) in [7, 11) is 0. The van der Waals surface area contributed by atoms with E-state index in [0.29, 0.717) is 34.6 Å². The second-order valence-corrected chi connectivity index (χ2v) is 8.77. The number of hydrogen-bond acceptors (Lipinski definition) is 6. The Kier molecular flexibility index (Phi) is 5.31. The summed E-state index contributed by atoms with van der Waals surface area (Å²) in [5.74, 6) is 0.340. The highest BCUT2D eigenvalue weighted by atomic mass is 35.5. The Labute approximate surface area is 179 Å². The second kappa shape index (κ2) is 7.63. The van der Waals surface area contributed by atoms with Crippen molar-refractivity contribution in [2.24, 2.45) is 22.8 Å². The topological polar surface area (TPSA) is 124 Å². The van der Waals surface area contributed by atoms with Gasteiger partial charge in [-0.05, 0) is 31.4 Å². The van der Waals surface area contributed by atoms with Gasteiger partial charge in [0.15, 0.2) is 0 Å². The average molecular weight is 435 g/mol. The number of carbonyl (C=O) groups excluding carboxylic acids is 1. The van der Waals surface area contributed by atoms with Crippen molar-refractivity contribution in [3.63, 3.8) is 0 Å². The van der Waals surface area contributed by atoms with Crippen molar-refractivity contribution in [1.29, 1.82) is 0 Å². The molecular formula is C20H24Cl2N6O. The van der Waals surface area contributed by atoms with E-state index in [1.54, 1.807) is 18.2 Å². The molecule has 9 heteroatoms. The van der Waals surface area contributed by atoms with Crippen LogP contribution in [0.25, 0.3) is 11.1 Å². The van der Waals surface area contributed by atoms with Crippen molar-refractivity contribution in [3.05, 3.63) is 33.9 Å². The third-order valence-electron chi connectivity index (χ3n) is 6.36. The SMILES string of the molecule is NCC12CCCCC1CN(c1nc(N)c(-c3cccc(Cl)c3Cl)c(C(N)=O)n1)C2. The summed E-state index contributed by atoms with van der Waals surface area (Å²) in [6, 6.07) is 5.09. The van der Waals surface area contributed by atoms with Gasteiger partial charge >= 0.3 is 0 Å². The molecule has 29 heavy (non-hydrogen) atoms. The molecule has 1 aromatic heterocycles. The van der Waals surface area contributed by atoms with Crippen LogP contribution >= 0.6 is 23.2 Å². The van der Waals surface area contributed by atoms with E-state index in [0.717, 1.165) is 25.9 Å². The quantitative estimate of drug-likeness (QED) is 0.678. The van der Waals surface area contributed by atoms with E-state index in [2.05, 4.69) is 14.9 Å². The second-order valence-electron chi connectivity index (χ2n) is 7.99. The molecule has 0 radical (unpaired) electrons. The van der Waals surface area contributed by atoms with Crippen LogP contribution in [0.2, 0.25) is 10.0 Å². The Morgan fingerprint density at radius 1 is 1.28 bits per heavy atom. The van der Waals surface area contributed by atoms with E-state index in [4.69, 9.17) is 40.4 Å². The number of amides is 1. The minimum absolute atomic E-state index is 0.0355. The predicted molar refractivity (Wildman–Crippen MR) is 116 cm³/mol. The molecule has 0 bridgehead atoms. The summed E-state index contributed by atoms with van der Waals surface area (Å²) in [5.41, 5.74) is 19.0. The van der Waals surface area contributed by atoms with E-state index in [9.17, 15) is 4.79 Å². The van der Waals surface area contributed by atoms with Crippen molar-refractivity contribution >= 4 is 40.9 Å². The Bertz CT molecular complexity index is 968. The normalized spacial score (nSPS) is 23.8. The number of nitrogen functional groups attached to an aromatic ring is 1. The van der Waals surface area contributed by atoms with Crippen molar-refractivity contribution < 1.29 is 4.79 Å². The van der Waals surface area contributed by atoms with Crippen LogP contribution in [0.15, 0.2) is 18.2 Å². The van der Waals surface area contributed by atoms with Gasteiger partial charge in [-0.3, -0.25) is 4.79 Å². The van der Waals surface area contributed by atoms with Gasteiger partial charge in [0.1, 0.15) is 11.5 Å². The smallest absolute Gasteiger partial charge is 0.268 e. The highest BCUT2D eigenvalue weighted by Gasteiger charge is 2.47. The first-order chi connectivity index (χ1) is 13.9. The van der Waals surface area contributed by atoms with Crippen molar-refractivity contribution in [2.75, 3.05) is 30.3 Å². The first kappa shape index (κ1) is 20.2. The number of carbonyl (C=O) groups is 1. The Morgan fingerprint density at radius 2 is 2.07 bits per heavy atom. The molecule has 154 valence electrons. The number of hydrogen-bond donors (Lipinski definition) is 3. The molecule has 1 saturated heterocycles. The molecule has 6 N–H and O–H groups in total. The highest BCUT2D eigenvalue weighted by molar-refractivity contribution is 6.44. The molecule has 0 spiro atoms. The molecule has 1 aliphatic carbocycles. The highest BCUT2D eigenvalue weighted by Crippen LogP contribution is 2.47. The van der Waals surface area contributed by atoms with E-state index >= 15 is 0 Å². The van der Waals surface area contributed by atoms with Crippen LogP contribution in [0.5, 0.6) is 0 Å². The van der Waals surface area contributed by atoms with E-state index in [1.165, 1.54) is 12.8 Å². The summed E-state index contributed by atoms with van der Waals surface area (Å²) in [4.78, 5) is 23.3. The zero-order valence-corrected chi connectivity index (χ0v) is 17.5. The van der Waals surface area contributed by atoms with Crippen molar-refractivity contribution in [1.82, 2.24) is 9.97 Å². The summed E-state index contributed by atoms with van der Waals surface area (Å²) >= 11 is 12.5. The molecule has 2 unspecified atom stereocenters. The fourth-order valence-electron chi connectivity index (χ4n) is 4.82. The monoisotopic (exact) mass is 434 g/mol. The molecule has 7 nitrogen and oxygen atoms in total. The minimum Gasteiger partial charge on any atom is -0.383 e. The Balaban J connectivity index is 1.78. The molecule has 1 saturated carbocycles. The van der Waals surface area contributed by atoms with Gasteiger partial charge < -0.3 is 22.1 Å². The fourth-order valence-corrected chi connectivity index (χ4v) is 5.21. The number of rotatable bonds is 4. The number of halogens is 2. The van der Waals surface area contributed by atoms with Gasteiger partial charge in [-0.1, -0.05) is 48.2 Å². The van der Waals surface area contributed by atoms with Gasteiger partial charge in [-0.15, -0.1) is 0 Å². The van der Waals surface area contributed by atoms with Crippen LogP contribution in [-0.4, -0.2) is 35.5 Å². The molecule has 2 aliphatic rings. The Morgan fingerprint density at radius 3 is 2.76 bits per heavy atom. The maximum Gasteiger partial charge on any atom is 0.268 e. The molecule has 2 atom stereocenters. The number of anilines is 2. The lowest BCUT2D eigenvalue weighted by atomic mass is 9.68. The number of nitrogens with zero attached hydrogens (tertiary/aromatic N) is 3. The number of benzene rings is 1. The molecule has 1 aliphatic heterocycles. The number of nitrogens with two attached hydrogens (primary N) is 3. The molecule has 2 fully saturated rings. The van der Waals surface area contributed by atoms with Crippen LogP contribution in [0, 0.1) is 11.3 Å². The average Bonchev–Trinajstić information content (AvgIpc) is 3.10. The van der Waals surface area contributed by atoms with Gasteiger partial charge in [-0.2, -0.15) is 4.98 Å². The fraction of sp³-hybridized carbons (Fsp3) is 0.450. The van der Waals surface area contributed by atoms with Crippen LogP contribution in [0.4, 0.5) is 11.8 Å². The number of primary amides is 1. The summed E-state index contributed by atoms with van der Waals surface area (Å²) < 4.78 is 0. The van der Waals surface area contributed by atoms with E-state index < -0.39 is 5.91 Å². The first-order valence-corrected chi connectivity index (χ1v) is 10.5. The predicted octanol–water partition coefficient (Wildman–Crippen LogP) is 3.09. The molecule has 1 aromatic carbocycles. The molecule has 2 aromatic rings. The van der Waals surface area contributed by atoms with Gasteiger partial charge in [0.25, 0.3) is 5.91 Å². The Hall–Kier alpha value is -2.09. The van der Waals surface area contributed by atoms with Crippen molar-refractivity contribution in [2.45, 2.75) is 25.7 Å². The molecular weight excluding hydrogens is 411 g/mol. The molecule has 4 rings (SSSR count). The third-order valence-corrected chi connectivity index (χ3v) is 7.18. The van der Waals surface area contributed by atoms with Gasteiger partial charge in [0.05, 0.1) is 15.6 Å². The van der Waals surface area contributed by atoms with Crippen LogP contribution < -0.4 is 22.1 Å². The number of fused-ring (bicyclic) bond motifs is 1. The zero-order valence-electron chi connectivity index (χ0n) is 16.0. The number of aromatic nitrogens is 2. The maximum absolute atomic E-state index is 12.2. The molecule has 1 amide bonds. The minimum atomic E-state index is -0.698. The summed E-state index contributed by atoms with van der Waals surface area (Å²) in [6.45, 7) is 2.18. The van der Waals surface area contributed by atoms with E-state index in [-0.39, 0.29) is 21.9 Å². The van der Waals surface area contributed by atoms with Crippen LogP contribution in [0.1, 0.15) is 36.2 Å². The lowest BCUT2D eigenvalue weighted by Gasteiger charge is -2.37. The largest absolute Gasteiger partial charge is 0.383 e. The van der Waals surface area contributed by atoms with Gasteiger partial charge in [-0.25, -0.2) is 4.98 Å². The van der Waals surface area contributed by atoms with Gasteiger partial charge in [0.2, 0.25) is 5.95 Å². The van der Waals surface area contributed by atoms with Crippen LogP contribution in [0.3, 0.4) is 0 Å². The summed E-state index contributed by atoms with van der Waals surface area (Å²) in [6.07, 6.45) is 4.63. The van der Waals surface area contributed by atoms with Crippen LogP contribution in [-0.2, 0) is 0 Å². The maximum atomic E-state index is 12.2. The van der Waals surface area contributed by atoms with Gasteiger partial charge in [0, 0.05) is 24.1 Å². The third kappa shape index (κ3) is 3.41. The van der Waals surface area contributed by atoms with E-state index in [1.807, 2.05) is 0 Å². The van der Waals surface area contributed by atoms with Crippen molar-refractivity contribution in [3.8, 4) is 11.1 Å². The zero-order chi connectivity index (χ0) is 20.8. The lowest BCUT2D eigenvalue weighted by molar-refractivity contribution is 0.0996.